The predicted octanol–water partition coefficient (Wildman–Crippen LogP) is 2.99. The zero-order chi connectivity index (χ0) is 14.7. The highest BCUT2D eigenvalue weighted by molar-refractivity contribution is 9.10. The third-order valence-electron chi connectivity index (χ3n) is 3.37. The molecule has 4 nitrogen and oxygen atoms in total. The lowest BCUT2D eigenvalue weighted by Crippen LogP contribution is -2.51. The molecule has 0 radical (unpaired) electrons. The van der Waals surface area contributed by atoms with Gasteiger partial charge in [-0.2, -0.15) is 0 Å². The Morgan fingerprint density at radius 3 is 2.65 bits per heavy atom. The molecule has 1 aliphatic heterocycles. The Morgan fingerprint density at radius 1 is 1.35 bits per heavy atom. The van der Waals surface area contributed by atoms with Crippen molar-refractivity contribution in [2.45, 2.75) is 13.0 Å². The van der Waals surface area contributed by atoms with Crippen LogP contribution in [0.25, 0.3) is 0 Å². The van der Waals surface area contributed by atoms with Gasteiger partial charge in [-0.3, -0.25) is 9.69 Å². The molecule has 1 amide bonds. The molecule has 0 spiro atoms. The van der Waals surface area contributed by atoms with Gasteiger partial charge in [0, 0.05) is 30.7 Å². The van der Waals surface area contributed by atoms with Gasteiger partial charge in [-0.1, -0.05) is 23.2 Å². The molecule has 1 aromatic rings. The average molecular weight is 381 g/mol. The summed E-state index contributed by atoms with van der Waals surface area (Å²) in [4.78, 5) is 14.4. The van der Waals surface area contributed by atoms with Crippen LogP contribution in [0, 0.1) is 0 Å². The molecule has 1 heterocycles. The van der Waals surface area contributed by atoms with Crippen molar-refractivity contribution in [3.63, 3.8) is 0 Å². The normalized spacial score (nSPS) is 17.8. The maximum absolute atomic E-state index is 12.3. The quantitative estimate of drug-likeness (QED) is 0.792. The molecule has 0 bridgehead atoms. The summed E-state index contributed by atoms with van der Waals surface area (Å²) >= 11 is 15.5. The van der Waals surface area contributed by atoms with Crippen molar-refractivity contribution < 1.29 is 4.79 Å². The Hall–Kier alpha value is -0.330. The number of halogens is 3. The Labute approximate surface area is 136 Å². The first-order valence-electron chi connectivity index (χ1n) is 6.40. The molecule has 1 atom stereocenters. The Bertz CT molecular complexity index is 507. The molecule has 110 valence electrons. The second-order valence-corrected chi connectivity index (χ2v) is 6.28. The van der Waals surface area contributed by atoms with E-state index in [1.165, 1.54) is 0 Å². The van der Waals surface area contributed by atoms with Crippen molar-refractivity contribution in [2.24, 2.45) is 0 Å². The molecule has 1 aromatic carbocycles. The van der Waals surface area contributed by atoms with E-state index >= 15 is 0 Å². The second-order valence-electron chi connectivity index (χ2n) is 4.67. The van der Waals surface area contributed by atoms with Gasteiger partial charge < -0.3 is 10.6 Å². The molecule has 0 aliphatic carbocycles. The van der Waals surface area contributed by atoms with Crippen LogP contribution in [0.3, 0.4) is 0 Å². The Balaban J connectivity index is 2.05. The van der Waals surface area contributed by atoms with Gasteiger partial charge in [-0.25, -0.2) is 0 Å². The average Bonchev–Trinajstić information content (AvgIpc) is 2.48. The molecule has 0 aromatic heterocycles. The molecular formula is C13H16BrCl2N3O. The van der Waals surface area contributed by atoms with E-state index in [1.54, 1.807) is 12.1 Å². The second kappa shape index (κ2) is 7.09. The van der Waals surface area contributed by atoms with E-state index in [4.69, 9.17) is 23.2 Å². The van der Waals surface area contributed by atoms with E-state index in [2.05, 4.69) is 31.5 Å². The van der Waals surface area contributed by atoms with Gasteiger partial charge in [0.1, 0.15) is 0 Å². The topological polar surface area (TPSA) is 44.4 Å². The lowest BCUT2D eigenvalue weighted by Gasteiger charge is -2.31. The third-order valence-corrected chi connectivity index (χ3v) is 5.14. The summed E-state index contributed by atoms with van der Waals surface area (Å²) in [5.41, 5.74) is 0.534. The van der Waals surface area contributed by atoms with Gasteiger partial charge in [0.25, 0.3) is 0 Å². The summed E-state index contributed by atoms with van der Waals surface area (Å²) in [5.74, 6) is -0.0767. The SMILES string of the molecule is CC(C(=O)Nc1ccc(Br)c(Cl)c1Cl)N1CCNCC1. The van der Waals surface area contributed by atoms with Gasteiger partial charge in [0.05, 0.1) is 21.8 Å². The molecule has 2 N–H and O–H groups in total. The Kier molecular flexibility index (Phi) is 5.69. The minimum atomic E-state index is -0.199. The fraction of sp³-hybridized carbons (Fsp3) is 0.462. The van der Waals surface area contributed by atoms with E-state index in [-0.39, 0.29) is 11.9 Å². The summed E-state index contributed by atoms with van der Waals surface area (Å²) < 4.78 is 0.706. The molecule has 2 rings (SSSR count). The van der Waals surface area contributed by atoms with E-state index in [9.17, 15) is 4.79 Å². The fourth-order valence-electron chi connectivity index (χ4n) is 2.09. The number of nitrogens with one attached hydrogen (secondary N) is 2. The summed E-state index contributed by atoms with van der Waals surface area (Å²) in [6, 6.07) is 3.30. The molecule has 1 aliphatic rings. The van der Waals surface area contributed by atoms with Crippen molar-refractivity contribution in [1.29, 1.82) is 0 Å². The minimum Gasteiger partial charge on any atom is -0.323 e. The zero-order valence-corrected chi connectivity index (χ0v) is 14.1. The number of anilines is 1. The third kappa shape index (κ3) is 3.65. The maximum Gasteiger partial charge on any atom is 0.241 e. The van der Waals surface area contributed by atoms with Crippen LogP contribution in [0.1, 0.15) is 6.92 Å². The van der Waals surface area contributed by atoms with Crippen molar-refractivity contribution in [2.75, 3.05) is 31.5 Å². The number of carbonyl (C=O) groups excluding carboxylic acids is 1. The van der Waals surface area contributed by atoms with E-state index in [0.717, 1.165) is 26.2 Å². The van der Waals surface area contributed by atoms with Gasteiger partial charge in [-0.05, 0) is 35.0 Å². The van der Waals surface area contributed by atoms with Crippen LogP contribution in [0.2, 0.25) is 10.0 Å². The summed E-state index contributed by atoms with van der Waals surface area (Å²) in [6.45, 7) is 5.44. The predicted molar refractivity (Wildman–Crippen MR) is 86.7 cm³/mol. The maximum atomic E-state index is 12.3. The minimum absolute atomic E-state index is 0.0767. The van der Waals surface area contributed by atoms with E-state index in [0.29, 0.717) is 20.2 Å². The van der Waals surface area contributed by atoms with Crippen LogP contribution in [0.4, 0.5) is 5.69 Å². The van der Waals surface area contributed by atoms with Gasteiger partial charge in [0.2, 0.25) is 5.91 Å². The molecular weight excluding hydrogens is 365 g/mol. The number of nitrogens with zero attached hydrogens (tertiary/aromatic N) is 1. The number of amides is 1. The summed E-state index contributed by atoms with van der Waals surface area (Å²) in [6.07, 6.45) is 0. The first kappa shape index (κ1) is 16.0. The molecule has 1 fully saturated rings. The first-order chi connectivity index (χ1) is 9.50. The number of carbonyl (C=O) groups is 1. The first-order valence-corrected chi connectivity index (χ1v) is 7.94. The summed E-state index contributed by atoms with van der Waals surface area (Å²) in [5, 5.41) is 6.85. The van der Waals surface area contributed by atoms with Crippen molar-refractivity contribution in [3.8, 4) is 0 Å². The van der Waals surface area contributed by atoms with Crippen LogP contribution in [-0.2, 0) is 4.79 Å². The van der Waals surface area contributed by atoms with Crippen molar-refractivity contribution >= 4 is 50.7 Å². The van der Waals surface area contributed by atoms with Crippen LogP contribution in [0.15, 0.2) is 16.6 Å². The summed E-state index contributed by atoms with van der Waals surface area (Å²) in [7, 11) is 0. The number of hydrogen-bond donors (Lipinski definition) is 2. The number of piperazine rings is 1. The fourth-order valence-corrected chi connectivity index (χ4v) is 2.92. The lowest BCUT2D eigenvalue weighted by atomic mass is 10.2. The van der Waals surface area contributed by atoms with Gasteiger partial charge in [0.15, 0.2) is 0 Å². The van der Waals surface area contributed by atoms with Crippen molar-refractivity contribution in [3.05, 3.63) is 26.7 Å². The zero-order valence-electron chi connectivity index (χ0n) is 11.0. The smallest absolute Gasteiger partial charge is 0.241 e. The van der Waals surface area contributed by atoms with Crippen LogP contribution < -0.4 is 10.6 Å². The van der Waals surface area contributed by atoms with Crippen LogP contribution in [0.5, 0.6) is 0 Å². The standard InChI is InChI=1S/C13H16BrCl2N3O/c1-8(19-6-4-17-5-7-19)13(20)18-10-3-2-9(14)11(15)12(10)16/h2-3,8,17H,4-7H2,1H3,(H,18,20). The highest BCUT2D eigenvalue weighted by Crippen LogP contribution is 2.35. The number of benzene rings is 1. The van der Waals surface area contributed by atoms with Crippen molar-refractivity contribution in [1.82, 2.24) is 10.2 Å². The Morgan fingerprint density at radius 2 is 2.00 bits per heavy atom. The molecule has 1 saturated heterocycles. The number of rotatable bonds is 3. The molecule has 0 saturated carbocycles. The molecule has 7 heteroatoms. The van der Waals surface area contributed by atoms with Gasteiger partial charge in [-0.15, -0.1) is 0 Å². The highest BCUT2D eigenvalue weighted by atomic mass is 79.9. The van der Waals surface area contributed by atoms with Crippen LogP contribution in [-0.4, -0.2) is 43.0 Å². The molecule has 20 heavy (non-hydrogen) atoms. The molecule has 1 unspecified atom stereocenters. The van der Waals surface area contributed by atoms with E-state index in [1.807, 2.05) is 6.92 Å². The monoisotopic (exact) mass is 379 g/mol. The lowest BCUT2D eigenvalue weighted by molar-refractivity contribution is -0.120. The van der Waals surface area contributed by atoms with Crippen LogP contribution >= 0.6 is 39.1 Å². The van der Waals surface area contributed by atoms with Gasteiger partial charge >= 0.3 is 0 Å². The number of hydrogen-bond acceptors (Lipinski definition) is 3. The highest BCUT2D eigenvalue weighted by Gasteiger charge is 2.23. The van der Waals surface area contributed by atoms with E-state index < -0.39 is 0 Å². The largest absolute Gasteiger partial charge is 0.323 e.